The number of carbonyl (C=O) groups is 4. The van der Waals surface area contributed by atoms with Crippen molar-refractivity contribution < 1.29 is 29.0 Å². The van der Waals surface area contributed by atoms with E-state index in [1.165, 1.54) is 0 Å². The molecule has 0 aliphatic heterocycles. The predicted octanol–water partition coefficient (Wildman–Crippen LogP) is 1.12. The molecule has 214 valence electrons. The molecule has 0 aliphatic rings. The zero-order chi connectivity index (χ0) is 30.0. The second-order valence-corrected chi connectivity index (χ2v) is 9.43. The zero-order valence-corrected chi connectivity index (χ0v) is 22.3. The highest BCUT2D eigenvalue weighted by Gasteiger charge is 2.55. The van der Waals surface area contributed by atoms with Crippen molar-refractivity contribution in [1.82, 2.24) is 5.32 Å². The van der Waals surface area contributed by atoms with Crippen LogP contribution in [0, 0.1) is 11.3 Å². The average Bonchev–Trinajstić information content (AvgIpc) is 2.95. The van der Waals surface area contributed by atoms with Crippen LogP contribution in [0.15, 0.2) is 84.9 Å². The third kappa shape index (κ3) is 7.34. The second kappa shape index (κ2) is 13.9. The molecule has 3 rings (SSSR count). The van der Waals surface area contributed by atoms with E-state index in [2.05, 4.69) is 5.32 Å². The van der Waals surface area contributed by atoms with Gasteiger partial charge in [-0.05, 0) is 35.2 Å². The number of guanidine groups is 1. The molecule has 1 amide bonds. The molecule has 0 spiro atoms. The highest BCUT2D eigenvalue weighted by molar-refractivity contribution is 6.12. The fourth-order valence-corrected chi connectivity index (χ4v) is 4.85. The number of primary amides is 1. The number of amides is 1. The third-order valence-corrected chi connectivity index (χ3v) is 6.65. The maximum Gasteiger partial charge on any atom is 0.305 e. The van der Waals surface area contributed by atoms with Crippen LogP contribution in [0.5, 0.6) is 5.75 Å². The van der Waals surface area contributed by atoms with Gasteiger partial charge in [-0.25, -0.2) is 0 Å². The number of hydrogen-bond donors (Lipinski definition) is 6. The van der Waals surface area contributed by atoms with Gasteiger partial charge in [-0.2, -0.15) is 0 Å². The summed E-state index contributed by atoms with van der Waals surface area (Å²) in [6, 6.07) is 21.5. The normalized spacial score (nSPS) is 12.5. The van der Waals surface area contributed by atoms with Crippen LogP contribution in [0.4, 0.5) is 0 Å². The molecule has 11 heteroatoms. The van der Waals surface area contributed by atoms with Gasteiger partial charge in [0.2, 0.25) is 5.91 Å². The molecule has 0 saturated carbocycles. The lowest BCUT2D eigenvalue weighted by molar-refractivity contribution is -0.143. The number of nitrogens with one attached hydrogen (secondary N) is 2. The van der Waals surface area contributed by atoms with Crippen molar-refractivity contribution in [3.8, 4) is 5.75 Å². The van der Waals surface area contributed by atoms with Crippen LogP contribution in [0.1, 0.15) is 23.1 Å². The molecule has 0 bridgehead atoms. The van der Waals surface area contributed by atoms with E-state index in [9.17, 15) is 24.3 Å². The molecule has 2 atom stereocenters. The minimum absolute atomic E-state index is 0.128. The molecule has 3 aromatic rings. The molecule has 0 radical (unpaired) electrons. The number of benzene rings is 3. The van der Waals surface area contributed by atoms with Crippen LogP contribution in [-0.4, -0.2) is 53.7 Å². The van der Waals surface area contributed by atoms with Crippen molar-refractivity contribution >= 4 is 29.4 Å². The Kier molecular flexibility index (Phi) is 10.3. The summed E-state index contributed by atoms with van der Waals surface area (Å²) in [5.74, 6) is -5.58. The van der Waals surface area contributed by atoms with Gasteiger partial charge in [0.1, 0.15) is 18.3 Å². The number of ketones is 2. The first kappa shape index (κ1) is 30.5. The number of nitrogens with two attached hydrogens (primary N) is 3. The van der Waals surface area contributed by atoms with E-state index in [1.54, 1.807) is 84.9 Å². The monoisotopic (exact) mass is 559 g/mol. The van der Waals surface area contributed by atoms with Crippen LogP contribution >= 0.6 is 0 Å². The summed E-state index contributed by atoms with van der Waals surface area (Å²) in [5, 5.41) is 19.3. The van der Waals surface area contributed by atoms with Crippen molar-refractivity contribution in [2.75, 3.05) is 13.2 Å². The molecule has 0 aliphatic carbocycles. The van der Waals surface area contributed by atoms with Crippen LogP contribution in [-0.2, 0) is 31.0 Å². The number of carboxylic acids is 1. The lowest BCUT2D eigenvalue weighted by atomic mass is 9.60. The molecule has 0 saturated heterocycles. The highest BCUT2D eigenvalue weighted by atomic mass is 16.5. The number of ether oxygens (including phenoxy) is 1. The molecular weight excluding hydrogens is 526 g/mol. The van der Waals surface area contributed by atoms with Crippen LogP contribution in [0.25, 0.3) is 0 Å². The predicted molar refractivity (Wildman–Crippen MR) is 152 cm³/mol. The number of Topliss-reactive ketones (excluding diaryl/α,β-unsaturated/α-hetero) is 2. The maximum atomic E-state index is 14.2. The van der Waals surface area contributed by atoms with Gasteiger partial charge in [-0.1, -0.05) is 72.8 Å². The van der Waals surface area contributed by atoms with Gasteiger partial charge in [0, 0.05) is 6.54 Å². The van der Waals surface area contributed by atoms with Crippen molar-refractivity contribution in [2.24, 2.45) is 23.1 Å². The number of carbonyl (C=O) groups excluding carboxylic acids is 3. The van der Waals surface area contributed by atoms with Crippen molar-refractivity contribution in [3.05, 3.63) is 102 Å². The van der Waals surface area contributed by atoms with E-state index >= 15 is 0 Å². The Bertz CT molecular complexity index is 1340. The number of hydrogen-bond acceptors (Lipinski definition) is 7. The molecule has 0 fully saturated rings. The minimum Gasteiger partial charge on any atom is -0.486 e. The molecular formula is C30H33N5O6. The van der Waals surface area contributed by atoms with E-state index < -0.39 is 53.8 Å². The Morgan fingerprint density at radius 1 is 0.878 bits per heavy atom. The fraction of sp³-hybridized carbons (Fsp3) is 0.233. The summed E-state index contributed by atoms with van der Waals surface area (Å²) < 4.78 is 5.70. The topological polar surface area (TPSA) is 212 Å². The lowest BCUT2D eigenvalue weighted by Crippen LogP contribution is -2.58. The number of rotatable bonds is 15. The van der Waals surface area contributed by atoms with Gasteiger partial charge in [0.25, 0.3) is 0 Å². The molecule has 9 N–H and O–H groups in total. The molecule has 0 heterocycles. The van der Waals surface area contributed by atoms with Crippen LogP contribution in [0.3, 0.4) is 0 Å². The summed E-state index contributed by atoms with van der Waals surface area (Å²) in [6.45, 7) is -0.130. The summed E-state index contributed by atoms with van der Waals surface area (Å²) in [4.78, 5) is 52.6. The first-order valence-corrected chi connectivity index (χ1v) is 12.8. The Morgan fingerprint density at radius 3 is 1.88 bits per heavy atom. The van der Waals surface area contributed by atoms with Gasteiger partial charge in [-0.3, -0.25) is 24.6 Å². The Morgan fingerprint density at radius 2 is 1.41 bits per heavy atom. The van der Waals surface area contributed by atoms with Crippen molar-refractivity contribution in [3.63, 3.8) is 0 Å². The minimum atomic E-state index is -2.02. The third-order valence-electron chi connectivity index (χ3n) is 6.65. The Labute approximate surface area is 237 Å². The number of carboxylic acid groups (broad SMARTS) is 1. The Balaban J connectivity index is 2.02. The molecule has 3 aromatic carbocycles. The summed E-state index contributed by atoms with van der Waals surface area (Å²) in [6.07, 6.45) is -0.122. The van der Waals surface area contributed by atoms with E-state index in [4.69, 9.17) is 27.3 Å². The van der Waals surface area contributed by atoms with E-state index in [0.29, 0.717) is 18.7 Å². The average molecular weight is 560 g/mol. The summed E-state index contributed by atoms with van der Waals surface area (Å²) in [5.41, 5.74) is 16.7. The SMILES string of the molecule is N=C(N)NCCc1ccc(OCC(=O)C(C(N)=O)C(C(=O)[C@H](N)CC(=O)O)(c2ccccc2)c2ccccc2)cc1. The van der Waals surface area contributed by atoms with Gasteiger partial charge < -0.3 is 32.4 Å². The van der Waals surface area contributed by atoms with Crippen LogP contribution < -0.4 is 27.3 Å². The maximum absolute atomic E-state index is 14.2. The Hall–Kier alpha value is -5.03. The van der Waals surface area contributed by atoms with E-state index in [0.717, 1.165) is 5.56 Å². The molecule has 11 nitrogen and oxygen atoms in total. The van der Waals surface area contributed by atoms with E-state index in [-0.39, 0.29) is 17.1 Å². The summed E-state index contributed by atoms with van der Waals surface area (Å²) in [7, 11) is 0. The molecule has 41 heavy (non-hydrogen) atoms. The first-order valence-electron chi connectivity index (χ1n) is 12.8. The highest BCUT2D eigenvalue weighted by Crippen LogP contribution is 2.42. The smallest absolute Gasteiger partial charge is 0.305 e. The molecule has 1 unspecified atom stereocenters. The lowest BCUT2D eigenvalue weighted by Gasteiger charge is -2.39. The van der Waals surface area contributed by atoms with E-state index in [1.807, 2.05) is 0 Å². The zero-order valence-electron chi connectivity index (χ0n) is 22.3. The fourth-order valence-electron chi connectivity index (χ4n) is 4.85. The largest absolute Gasteiger partial charge is 0.486 e. The second-order valence-electron chi connectivity index (χ2n) is 9.43. The summed E-state index contributed by atoms with van der Waals surface area (Å²) >= 11 is 0. The number of aliphatic carboxylic acids is 1. The van der Waals surface area contributed by atoms with Gasteiger partial charge in [-0.15, -0.1) is 0 Å². The van der Waals surface area contributed by atoms with Gasteiger partial charge in [0.05, 0.1) is 17.9 Å². The van der Waals surface area contributed by atoms with Gasteiger partial charge in [0.15, 0.2) is 17.5 Å². The molecule has 0 aromatic heterocycles. The van der Waals surface area contributed by atoms with Gasteiger partial charge >= 0.3 is 5.97 Å². The van der Waals surface area contributed by atoms with Crippen molar-refractivity contribution in [1.29, 1.82) is 5.41 Å². The van der Waals surface area contributed by atoms with Crippen molar-refractivity contribution in [2.45, 2.75) is 24.3 Å². The standard InChI is InChI=1S/C30H33N5O6/c31-23(17-25(37)38)27(39)30(20-7-3-1-4-8-20,21-9-5-2-6-10-21)26(28(32)40)24(36)18-41-22-13-11-19(12-14-22)15-16-35-29(33)34/h1-14,23,26H,15-18,31H2,(H2,32,40)(H,37,38)(H4,33,34,35)/t23-,26?/m1/s1. The first-order chi connectivity index (χ1) is 19.6. The van der Waals surface area contributed by atoms with Crippen LogP contribution in [0.2, 0.25) is 0 Å². The quantitative estimate of drug-likeness (QED) is 0.0893.